The molecule has 3 aliphatic heterocycles. The highest BCUT2D eigenvalue weighted by Crippen LogP contribution is 2.45. The Bertz CT molecular complexity index is 2000. The van der Waals surface area contributed by atoms with E-state index in [2.05, 4.69) is 19.9 Å². The molecule has 0 amide bonds. The Labute approximate surface area is 263 Å². The lowest BCUT2D eigenvalue weighted by Crippen LogP contribution is -2.43. The Balaban J connectivity index is 1.43. The van der Waals surface area contributed by atoms with Crippen molar-refractivity contribution < 1.29 is 36.2 Å². The highest BCUT2D eigenvalue weighted by Gasteiger charge is 2.49. The van der Waals surface area contributed by atoms with Crippen LogP contribution in [0.3, 0.4) is 0 Å². The number of sulfonamides is 1. The van der Waals surface area contributed by atoms with Crippen molar-refractivity contribution in [1.82, 2.24) is 19.9 Å². The fourth-order valence-electron chi connectivity index (χ4n) is 7.29. The van der Waals surface area contributed by atoms with Crippen LogP contribution in [0.25, 0.3) is 33.1 Å². The maximum Gasteiger partial charge on any atom is 0.225 e. The van der Waals surface area contributed by atoms with Gasteiger partial charge in [-0.2, -0.15) is 0 Å². The number of alkyl halides is 1. The first-order chi connectivity index (χ1) is 21.9. The lowest BCUT2D eigenvalue weighted by Gasteiger charge is -2.31. The summed E-state index contributed by atoms with van der Waals surface area (Å²) in [6, 6.07) is 3.41. The van der Waals surface area contributed by atoms with E-state index < -0.39 is 45.2 Å². The van der Waals surface area contributed by atoms with Crippen molar-refractivity contribution in [2.75, 3.05) is 44.0 Å². The van der Waals surface area contributed by atoms with E-state index in [-0.39, 0.29) is 75.8 Å². The molecular formula is C31H33F3N6O5S. The van der Waals surface area contributed by atoms with E-state index in [9.17, 15) is 22.3 Å². The lowest BCUT2D eigenvalue weighted by molar-refractivity contribution is 0.111. The number of likely N-dealkylation sites (N-methyl/N-ethyl adjacent to an activating group) is 1. The van der Waals surface area contributed by atoms with Crippen LogP contribution in [0.1, 0.15) is 31.7 Å². The highest BCUT2D eigenvalue weighted by molar-refractivity contribution is 7.89. The smallest absolute Gasteiger partial charge is 0.225 e. The number of phenolic OH excluding ortho intramolecular Hbond substituents is 1. The van der Waals surface area contributed by atoms with Gasteiger partial charge in [0.1, 0.15) is 42.2 Å². The Hall–Kier alpha value is -3.95. The van der Waals surface area contributed by atoms with Crippen molar-refractivity contribution in [2.24, 2.45) is 5.14 Å². The minimum Gasteiger partial charge on any atom is -0.508 e. The van der Waals surface area contributed by atoms with Crippen LogP contribution in [0.15, 0.2) is 24.4 Å². The number of primary sulfonamides is 1. The van der Waals surface area contributed by atoms with Crippen LogP contribution in [0.4, 0.5) is 18.9 Å². The Morgan fingerprint density at radius 3 is 2.78 bits per heavy atom. The summed E-state index contributed by atoms with van der Waals surface area (Å²) in [6.45, 7) is 2.79. The first-order valence-electron chi connectivity index (χ1n) is 15.1. The Morgan fingerprint density at radius 1 is 1.22 bits per heavy atom. The van der Waals surface area contributed by atoms with E-state index in [0.29, 0.717) is 18.7 Å². The molecule has 4 aromatic rings. The quantitative estimate of drug-likeness (QED) is 0.301. The van der Waals surface area contributed by atoms with Crippen LogP contribution < -0.4 is 19.5 Å². The third-order valence-corrected chi connectivity index (χ3v) is 10.3. The number of aromatic hydroxyl groups is 1. The number of ether oxygens (including phenoxy) is 2. The number of rotatable bonds is 7. The summed E-state index contributed by atoms with van der Waals surface area (Å²) in [4.78, 5) is 16.9. The minimum absolute atomic E-state index is 0.0406. The molecule has 3 aromatic heterocycles. The highest BCUT2D eigenvalue weighted by atomic mass is 32.2. The standard InChI is InChI=1S/C31H33F3N6O5S/c1-3-19-21(33)11-36-22-8-18(41)7-20(25(19)22)28-27(34)29-26-23(39(2)17(14-46(35,42)43)13-44-30(26)38-28)9-24(37-29)45-15-31-5-4-6-40(31)12-16(32)10-31/h7-9,11,16-17,41H,3-6,10,12-15H2,1-2H3,(H2,35,42,43)/t16-,17-,31+/m1/s1. The number of aromatic nitrogens is 3. The number of phenols is 1. The van der Waals surface area contributed by atoms with Crippen molar-refractivity contribution in [3.63, 3.8) is 0 Å². The van der Waals surface area contributed by atoms with Gasteiger partial charge in [0.15, 0.2) is 5.82 Å². The fraction of sp³-hybridized carbons (Fsp3) is 0.452. The van der Waals surface area contributed by atoms with Gasteiger partial charge < -0.3 is 19.5 Å². The third kappa shape index (κ3) is 5.14. The third-order valence-electron chi connectivity index (χ3n) is 9.45. The molecule has 244 valence electrons. The largest absolute Gasteiger partial charge is 0.508 e. The molecule has 15 heteroatoms. The molecule has 0 spiro atoms. The second kappa shape index (κ2) is 11.1. The summed E-state index contributed by atoms with van der Waals surface area (Å²) >= 11 is 0. The first-order valence-corrected chi connectivity index (χ1v) is 16.8. The van der Waals surface area contributed by atoms with Gasteiger partial charge in [-0.1, -0.05) is 6.92 Å². The van der Waals surface area contributed by atoms with E-state index in [1.165, 1.54) is 12.1 Å². The van der Waals surface area contributed by atoms with Gasteiger partial charge >= 0.3 is 0 Å². The number of hydrogen-bond acceptors (Lipinski definition) is 10. The molecule has 0 saturated carbocycles. The average Bonchev–Trinajstić information content (AvgIpc) is 3.49. The molecule has 2 saturated heterocycles. The van der Waals surface area contributed by atoms with Crippen molar-refractivity contribution in [1.29, 1.82) is 0 Å². The second-order valence-electron chi connectivity index (χ2n) is 12.4. The molecule has 0 bridgehead atoms. The summed E-state index contributed by atoms with van der Waals surface area (Å²) in [5, 5.41) is 16.4. The lowest BCUT2D eigenvalue weighted by atomic mass is 9.95. The molecule has 0 radical (unpaired) electrons. The van der Waals surface area contributed by atoms with Crippen LogP contribution in [0.2, 0.25) is 0 Å². The number of nitrogens with zero attached hydrogens (tertiary/aromatic N) is 5. The molecule has 46 heavy (non-hydrogen) atoms. The maximum atomic E-state index is 16.9. The molecule has 0 unspecified atom stereocenters. The van der Waals surface area contributed by atoms with Crippen LogP contribution in [-0.4, -0.2) is 90.2 Å². The molecule has 1 aromatic carbocycles. The van der Waals surface area contributed by atoms with Gasteiger partial charge in [-0.05, 0) is 37.4 Å². The van der Waals surface area contributed by atoms with E-state index >= 15 is 4.39 Å². The number of hydrogen-bond donors (Lipinski definition) is 2. The first kappa shape index (κ1) is 30.7. The number of halogens is 3. The van der Waals surface area contributed by atoms with Gasteiger partial charge in [0, 0.05) is 43.1 Å². The second-order valence-corrected chi connectivity index (χ2v) is 14.0. The van der Waals surface area contributed by atoms with Gasteiger partial charge in [-0.3, -0.25) is 9.88 Å². The van der Waals surface area contributed by atoms with E-state index in [0.717, 1.165) is 25.6 Å². The zero-order valence-corrected chi connectivity index (χ0v) is 26.1. The van der Waals surface area contributed by atoms with Gasteiger partial charge in [-0.15, -0.1) is 0 Å². The van der Waals surface area contributed by atoms with E-state index in [1.807, 2.05) is 0 Å². The fourth-order valence-corrected chi connectivity index (χ4v) is 8.14. The van der Waals surface area contributed by atoms with Crippen LogP contribution in [0, 0.1) is 11.6 Å². The summed E-state index contributed by atoms with van der Waals surface area (Å²) in [5.74, 6) is -2.19. The topological polar surface area (TPSA) is 144 Å². The molecular weight excluding hydrogens is 625 g/mol. The van der Waals surface area contributed by atoms with E-state index in [4.69, 9.17) is 14.6 Å². The number of aryl methyl sites for hydroxylation is 1. The maximum absolute atomic E-state index is 16.9. The van der Waals surface area contributed by atoms with Crippen molar-refractivity contribution >= 4 is 37.5 Å². The number of pyridine rings is 3. The minimum atomic E-state index is -3.95. The monoisotopic (exact) mass is 658 g/mol. The molecule has 3 N–H and O–H groups in total. The molecule has 3 aliphatic rings. The van der Waals surface area contributed by atoms with Gasteiger partial charge in [0.05, 0.1) is 40.1 Å². The Morgan fingerprint density at radius 2 is 2.02 bits per heavy atom. The zero-order chi connectivity index (χ0) is 32.5. The number of nitrogens with two attached hydrogens (primary N) is 1. The molecule has 11 nitrogen and oxygen atoms in total. The van der Waals surface area contributed by atoms with Gasteiger partial charge in [0.25, 0.3) is 0 Å². The average molecular weight is 659 g/mol. The molecule has 0 aliphatic carbocycles. The number of benzene rings is 1. The zero-order valence-electron chi connectivity index (χ0n) is 25.3. The van der Waals surface area contributed by atoms with Crippen molar-refractivity contribution in [2.45, 2.75) is 50.4 Å². The molecule has 3 atom stereocenters. The Kier molecular flexibility index (Phi) is 7.40. The number of anilines is 1. The van der Waals surface area contributed by atoms with Gasteiger partial charge in [-0.25, -0.2) is 36.7 Å². The van der Waals surface area contributed by atoms with E-state index in [1.54, 1.807) is 24.9 Å². The van der Waals surface area contributed by atoms with Crippen molar-refractivity contribution in [3.8, 4) is 28.8 Å². The summed E-state index contributed by atoms with van der Waals surface area (Å²) < 4.78 is 82.8. The summed E-state index contributed by atoms with van der Waals surface area (Å²) in [7, 11) is -2.32. The normalized spacial score (nSPS) is 23.1. The summed E-state index contributed by atoms with van der Waals surface area (Å²) in [5.41, 5.74) is -0.0473. The molecule has 7 rings (SSSR count). The summed E-state index contributed by atoms with van der Waals surface area (Å²) in [6.07, 6.45) is 2.30. The number of fused-ring (bicyclic) bond motifs is 2. The molecule has 2 fully saturated rings. The van der Waals surface area contributed by atoms with Crippen LogP contribution in [-0.2, 0) is 16.4 Å². The van der Waals surface area contributed by atoms with Crippen molar-refractivity contribution in [3.05, 3.63) is 41.6 Å². The van der Waals surface area contributed by atoms with Crippen LogP contribution in [0.5, 0.6) is 17.5 Å². The predicted octanol–water partition coefficient (Wildman–Crippen LogP) is 3.83. The molecule has 6 heterocycles. The SMILES string of the molecule is CCc1c(F)cnc2cc(O)cc(-c3nc4c5c(cc(OC[C@@]67CCCN6C[C@H](F)C7)nc5c3F)N(C)[C@@H](CS(N)(=O)=O)CO4)c12. The predicted molar refractivity (Wildman–Crippen MR) is 165 cm³/mol. The van der Waals surface area contributed by atoms with Gasteiger partial charge in [0.2, 0.25) is 21.8 Å². The van der Waals surface area contributed by atoms with Crippen LogP contribution >= 0.6 is 0 Å².